The molecule has 1 fully saturated rings. The van der Waals surface area contributed by atoms with Crippen molar-refractivity contribution >= 4 is 27.8 Å². The van der Waals surface area contributed by atoms with Gasteiger partial charge in [0, 0.05) is 11.6 Å². The summed E-state index contributed by atoms with van der Waals surface area (Å²) in [4.78, 5) is 24.6. The number of carbonyl (C=O) groups is 2. The number of methoxy groups -OCH3 is 2. The minimum atomic E-state index is -0.434. The van der Waals surface area contributed by atoms with Crippen LogP contribution < -0.4 is 14.6 Å². The number of hydrogen-bond acceptors (Lipinski definition) is 4. The summed E-state index contributed by atoms with van der Waals surface area (Å²) in [6.07, 6.45) is 9.17. The van der Waals surface area contributed by atoms with E-state index in [2.05, 4.69) is 21.2 Å². The molecule has 3 rings (SSSR count). The molecule has 6 nitrogen and oxygen atoms in total. The number of amides is 1. The van der Waals surface area contributed by atoms with Crippen molar-refractivity contribution in [3.63, 3.8) is 0 Å². The standard InChI is InChI=1S/C22H26N2O4.2C2H6.CH3Br/c1-27-20-10-8-16(9-11-20)17-12-18(22(26)28-2)14-24(13-17)15-21(25)23-19-6-4-3-5-7-19;3*1-2/h8-14,19H,3-7,15H2,1-2H3;2*1-2H3;1H3/p+1. The Morgan fingerprint density at radius 2 is 1.53 bits per heavy atom. The first kappa shape index (κ1) is 31.6. The monoisotopic (exact) mass is 537 g/mol. The fraction of sp³-hybridized carbons (Fsp3) is 0.519. The Hall–Kier alpha value is -2.41. The minimum absolute atomic E-state index is 0.0420. The lowest BCUT2D eigenvalue weighted by Crippen LogP contribution is -2.46. The Labute approximate surface area is 214 Å². The van der Waals surface area contributed by atoms with Crippen molar-refractivity contribution in [3.8, 4) is 16.9 Å². The van der Waals surface area contributed by atoms with E-state index >= 15 is 0 Å². The molecule has 1 amide bonds. The first-order chi connectivity index (χ1) is 16.6. The number of aromatic nitrogens is 1. The first-order valence-corrected chi connectivity index (χ1v) is 13.6. The topological polar surface area (TPSA) is 68.5 Å². The van der Waals surface area contributed by atoms with E-state index in [0.29, 0.717) is 5.56 Å². The van der Waals surface area contributed by atoms with Gasteiger partial charge in [0.25, 0.3) is 5.91 Å². The van der Waals surface area contributed by atoms with E-state index in [1.807, 2.05) is 64.0 Å². The number of alkyl halides is 1. The zero-order valence-electron chi connectivity index (χ0n) is 21.8. The van der Waals surface area contributed by atoms with E-state index in [4.69, 9.17) is 9.47 Å². The Kier molecular flexibility index (Phi) is 17.6. The summed E-state index contributed by atoms with van der Waals surface area (Å²) < 4.78 is 11.8. The largest absolute Gasteiger partial charge is 0.497 e. The molecule has 7 heteroatoms. The third-order valence-corrected chi connectivity index (χ3v) is 5.06. The maximum Gasteiger partial charge on any atom is 0.343 e. The Balaban J connectivity index is 0.00000168. The second-order valence-electron chi connectivity index (χ2n) is 7.11. The predicted octanol–water partition coefficient (Wildman–Crippen LogP) is 5.95. The average Bonchev–Trinajstić information content (AvgIpc) is 2.92. The van der Waals surface area contributed by atoms with E-state index in [9.17, 15) is 9.59 Å². The highest BCUT2D eigenvalue weighted by molar-refractivity contribution is 9.08. The van der Waals surface area contributed by atoms with Gasteiger partial charge in [0.2, 0.25) is 6.54 Å². The second-order valence-corrected chi connectivity index (χ2v) is 7.11. The molecule has 0 saturated heterocycles. The molecule has 1 aromatic carbocycles. The SMILES string of the molecule is CBr.CC.CC.COC(=O)c1cc(-c2ccc(OC)cc2)c[n+](CC(=O)NC2CCCCC2)c1. The van der Waals surface area contributed by atoms with E-state index in [-0.39, 0.29) is 18.5 Å². The van der Waals surface area contributed by atoms with E-state index in [0.717, 1.165) is 42.6 Å². The molecule has 1 aliphatic rings. The van der Waals surface area contributed by atoms with Gasteiger partial charge >= 0.3 is 5.97 Å². The highest BCUT2D eigenvalue weighted by Gasteiger charge is 2.20. The summed E-state index contributed by atoms with van der Waals surface area (Å²) in [5, 5.41) is 3.11. The zero-order valence-corrected chi connectivity index (χ0v) is 23.4. The van der Waals surface area contributed by atoms with Crippen LogP contribution in [0.25, 0.3) is 11.1 Å². The summed E-state index contributed by atoms with van der Waals surface area (Å²) >= 11 is 2.94. The summed E-state index contributed by atoms with van der Waals surface area (Å²) in [5.74, 6) is 2.09. The predicted molar refractivity (Wildman–Crippen MR) is 143 cm³/mol. The quantitative estimate of drug-likeness (QED) is 0.281. The molecular weight excluding hydrogens is 496 g/mol. The van der Waals surface area contributed by atoms with Crippen molar-refractivity contribution in [1.29, 1.82) is 0 Å². The number of benzene rings is 1. The molecule has 2 aromatic rings. The smallest absolute Gasteiger partial charge is 0.343 e. The first-order valence-electron chi connectivity index (χ1n) is 12.0. The van der Waals surface area contributed by atoms with Gasteiger partial charge in [-0.25, -0.2) is 4.79 Å². The van der Waals surface area contributed by atoms with Crippen LogP contribution in [0.2, 0.25) is 0 Å². The number of halogens is 1. The van der Waals surface area contributed by atoms with Gasteiger partial charge < -0.3 is 14.8 Å². The number of esters is 1. The van der Waals surface area contributed by atoms with Crippen LogP contribution in [0.1, 0.15) is 70.2 Å². The third-order valence-electron chi connectivity index (χ3n) is 5.06. The maximum absolute atomic E-state index is 12.5. The van der Waals surface area contributed by atoms with Gasteiger partial charge in [0.1, 0.15) is 11.3 Å². The molecule has 0 radical (unpaired) electrons. The molecule has 0 spiro atoms. The number of pyridine rings is 1. The zero-order chi connectivity index (χ0) is 25.9. The molecule has 34 heavy (non-hydrogen) atoms. The second kappa shape index (κ2) is 19.0. The summed E-state index contributed by atoms with van der Waals surface area (Å²) in [6, 6.07) is 9.58. The number of rotatable bonds is 6. The molecule has 1 heterocycles. The van der Waals surface area contributed by atoms with E-state index in [1.165, 1.54) is 13.5 Å². The maximum atomic E-state index is 12.5. The van der Waals surface area contributed by atoms with Crippen LogP contribution >= 0.6 is 15.9 Å². The highest BCUT2D eigenvalue weighted by atomic mass is 79.9. The van der Waals surface area contributed by atoms with Crippen molar-refractivity contribution in [1.82, 2.24) is 5.32 Å². The summed E-state index contributed by atoms with van der Waals surface area (Å²) in [6.45, 7) is 8.16. The molecule has 0 aliphatic heterocycles. The van der Waals surface area contributed by atoms with Gasteiger partial charge in [-0.1, -0.05) is 75.0 Å². The van der Waals surface area contributed by atoms with Crippen molar-refractivity contribution in [2.45, 2.75) is 72.4 Å². The Morgan fingerprint density at radius 3 is 2.06 bits per heavy atom. The highest BCUT2D eigenvalue weighted by Crippen LogP contribution is 2.22. The fourth-order valence-corrected chi connectivity index (χ4v) is 3.58. The van der Waals surface area contributed by atoms with Gasteiger partial charge in [-0.3, -0.25) is 4.79 Å². The lowest BCUT2D eigenvalue weighted by Gasteiger charge is -2.22. The number of nitrogens with one attached hydrogen (secondary N) is 1. The van der Waals surface area contributed by atoms with Crippen molar-refractivity contribution in [3.05, 3.63) is 48.3 Å². The van der Waals surface area contributed by atoms with Crippen LogP contribution in [-0.4, -0.2) is 38.0 Å². The molecule has 1 aliphatic carbocycles. The molecule has 190 valence electrons. The van der Waals surface area contributed by atoms with E-state index < -0.39 is 5.97 Å². The minimum Gasteiger partial charge on any atom is -0.497 e. The van der Waals surface area contributed by atoms with Crippen LogP contribution in [0.5, 0.6) is 5.75 Å². The van der Waals surface area contributed by atoms with Crippen LogP contribution in [0.3, 0.4) is 0 Å². The number of ether oxygens (including phenoxy) is 2. The van der Waals surface area contributed by atoms with Crippen molar-refractivity contribution in [2.24, 2.45) is 0 Å². The third kappa shape index (κ3) is 10.7. The molecule has 0 unspecified atom stereocenters. The molecule has 1 N–H and O–H groups in total. The van der Waals surface area contributed by atoms with Crippen LogP contribution in [-0.2, 0) is 16.1 Å². The van der Waals surface area contributed by atoms with Gasteiger partial charge in [-0.15, -0.1) is 0 Å². The molecule has 0 bridgehead atoms. The summed E-state index contributed by atoms with van der Waals surface area (Å²) in [5.41, 5.74) is 2.16. The summed E-state index contributed by atoms with van der Waals surface area (Å²) in [7, 11) is 2.97. The number of hydrogen-bond donors (Lipinski definition) is 1. The number of carbonyl (C=O) groups excluding carboxylic acids is 2. The number of nitrogens with zero attached hydrogens (tertiary/aromatic N) is 1. The molecular formula is C27H42BrN2O4+. The van der Waals surface area contributed by atoms with Crippen molar-refractivity contribution < 1.29 is 23.6 Å². The van der Waals surface area contributed by atoms with E-state index in [1.54, 1.807) is 23.9 Å². The van der Waals surface area contributed by atoms with Gasteiger partial charge in [0.05, 0.1) is 14.2 Å². The van der Waals surface area contributed by atoms with Crippen LogP contribution in [0.15, 0.2) is 42.7 Å². The van der Waals surface area contributed by atoms with Crippen LogP contribution in [0, 0.1) is 0 Å². The molecule has 0 atom stereocenters. The lowest BCUT2D eigenvalue weighted by atomic mass is 9.95. The van der Waals surface area contributed by atoms with Gasteiger partial charge in [-0.2, -0.15) is 4.57 Å². The fourth-order valence-electron chi connectivity index (χ4n) is 3.58. The normalized spacial score (nSPS) is 12.4. The van der Waals surface area contributed by atoms with Gasteiger partial charge in [-0.05, 0) is 42.4 Å². The van der Waals surface area contributed by atoms with Crippen LogP contribution in [0.4, 0.5) is 0 Å². The molecule has 1 aromatic heterocycles. The Bertz CT molecular complexity index is 835. The lowest BCUT2D eigenvalue weighted by molar-refractivity contribution is -0.684. The Morgan fingerprint density at radius 1 is 0.941 bits per heavy atom. The molecule has 1 saturated carbocycles. The van der Waals surface area contributed by atoms with Crippen molar-refractivity contribution in [2.75, 3.05) is 20.1 Å². The van der Waals surface area contributed by atoms with Gasteiger partial charge in [0.15, 0.2) is 12.4 Å². The average molecular weight is 539 g/mol.